The van der Waals surface area contributed by atoms with Crippen LogP contribution in [-0.2, 0) is 14.4 Å². The van der Waals surface area contributed by atoms with Crippen molar-refractivity contribution < 1.29 is 19.5 Å². The number of carboxylic acid groups (broad SMARTS) is 1. The fraction of sp³-hybridized carbons (Fsp3) is 0.857. The standard InChI is InChI=1S/C13H23NO2.CO2/c1-13(2)10-5-4-9(11(13)6-10)7-14(3)8-12(15)16;2-1-3/h9-11H,4-8H2,1-3H3,(H,15,16);. The molecule has 2 bridgehead atoms. The van der Waals surface area contributed by atoms with Crippen molar-refractivity contribution in [3.8, 4) is 0 Å². The van der Waals surface area contributed by atoms with Crippen LogP contribution < -0.4 is 0 Å². The minimum atomic E-state index is -0.718. The molecule has 3 saturated carbocycles. The van der Waals surface area contributed by atoms with E-state index in [4.69, 9.17) is 14.7 Å². The van der Waals surface area contributed by atoms with Gasteiger partial charge in [0.25, 0.3) is 0 Å². The van der Waals surface area contributed by atoms with E-state index in [1.165, 1.54) is 19.3 Å². The van der Waals surface area contributed by atoms with Crippen LogP contribution in [0.1, 0.15) is 33.1 Å². The van der Waals surface area contributed by atoms with Crippen molar-refractivity contribution in [2.75, 3.05) is 20.1 Å². The number of nitrogens with zero attached hydrogens (tertiary/aromatic N) is 1. The molecule has 108 valence electrons. The second kappa shape index (κ2) is 6.31. The lowest BCUT2D eigenvalue weighted by molar-refractivity contribution is -0.191. The van der Waals surface area contributed by atoms with Gasteiger partial charge in [-0.3, -0.25) is 9.69 Å². The maximum absolute atomic E-state index is 10.6. The minimum absolute atomic E-state index is 0.174. The maximum atomic E-state index is 10.6. The first-order valence-corrected chi connectivity index (χ1v) is 6.72. The van der Waals surface area contributed by atoms with Gasteiger partial charge in [-0.2, -0.15) is 9.59 Å². The summed E-state index contributed by atoms with van der Waals surface area (Å²) in [4.78, 5) is 28.8. The second-order valence-electron chi connectivity index (χ2n) is 6.37. The molecule has 3 fully saturated rings. The van der Waals surface area contributed by atoms with Gasteiger partial charge >= 0.3 is 12.1 Å². The molecule has 0 saturated heterocycles. The van der Waals surface area contributed by atoms with Crippen LogP contribution in [0.4, 0.5) is 0 Å². The van der Waals surface area contributed by atoms with Gasteiger partial charge in [0.1, 0.15) is 0 Å². The number of fused-ring (bicyclic) bond motifs is 2. The van der Waals surface area contributed by atoms with E-state index >= 15 is 0 Å². The molecule has 0 aromatic heterocycles. The van der Waals surface area contributed by atoms with Gasteiger partial charge in [-0.15, -0.1) is 0 Å². The van der Waals surface area contributed by atoms with Crippen molar-refractivity contribution in [1.82, 2.24) is 4.90 Å². The highest BCUT2D eigenvalue weighted by Crippen LogP contribution is 2.61. The molecule has 1 N–H and O–H groups in total. The molecule has 3 rings (SSSR count). The zero-order valence-electron chi connectivity index (χ0n) is 11.9. The highest BCUT2D eigenvalue weighted by atomic mass is 16.4. The van der Waals surface area contributed by atoms with Crippen LogP contribution in [0.2, 0.25) is 0 Å². The Labute approximate surface area is 114 Å². The van der Waals surface area contributed by atoms with Crippen molar-refractivity contribution in [3.05, 3.63) is 0 Å². The lowest BCUT2D eigenvalue weighted by Crippen LogP contribution is -2.54. The predicted octanol–water partition coefficient (Wildman–Crippen LogP) is 1.49. The number of aliphatic carboxylic acids is 1. The molecule has 3 atom stereocenters. The molecule has 19 heavy (non-hydrogen) atoms. The van der Waals surface area contributed by atoms with E-state index in [1.54, 1.807) is 0 Å². The summed E-state index contributed by atoms with van der Waals surface area (Å²) in [5.41, 5.74) is 0.507. The fourth-order valence-corrected chi connectivity index (χ4v) is 3.88. The number of carboxylic acids is 1. The van der Waals surface area contributed by atoms with E-state index in [-0.39, 0.29) is 12.7 Å². The van der Waals surface area contributed by atoms with Gasteiger partial charge in [-0.1, -0.05) is 13.8 Å². The number of rotatable bonds is 4. The van der Waals surface area contributed by atoms with Crippen molar-refractivity contribution in [3.63, 3.8) is 0 Å². The molecule has 0 aliphatic heterocycles. The Morgan fingerprint density at radius 3 is 2.37 bits per heavy atom. The molecule has 5 heteroatoms. The van der Waals surface area contributed by atoms with Crippen LogP contribution >= 0.6 is 0 Å². The third-order valence-electron chi connectivity index (χ3n) is 4.95. The van der Waals surface area contributed by atoms with Crippen LogP contribution in [0.3, 0.4) is 0 Å². The Bertz CT molecular complexity index is 358. The molecule has 0 aromatic rings. The summed E-state index contributed by atoms with van der Waals surface area (Å²) in [6.45, 7) is 5.89. The largest absolute Gasteiger partial charge is 0.480 e. The minimum Gasteiger partial charge on any atom is -0.480 e. The first-order chi connectivity index (χ1) is 8.82. The molecule has 0 heterocycles. The van der Waals surface area contributed by atoms with E-state index in [0.717, 1.165) is 18.4 Å². The van der Waals surface area contributed by atoms with E-state index < -0.39 is 5.97 Å². The lowest BCUT2D eigenvalue weighted by Gasteiger charge is -2.60. The molecule has 0 spiro atoms. The smallest absolute Gasteiger partial charge is 0.373 e. The summed E-state index contributed by atoms with van der Waals surface area (Å²) in [6.07, 6.45) is 4.26. The molecule has 0 aromatic carbocycles. The van der Waals surface area contributed by atoms with Crippen LogP contribution in [0, 0.1) is 23.2 Å². The number of hydrogen-bond donors (Lipinski definition) is 1. The Balaban J connectivity index is 0.000000550. The maximum Gasteiger partial charge on any atom is 0.373 e. The summed E-state index contributed by atoms with van der Waals surface area (Å²) in [7, 11) is 1.92. The lowest BCUT2D eigenvalue weighted by atomic mass is 9.45. The molecule has 3 aliphatic rings. The summed E-state index contributed by atoms with van der Waals surface area (Å²) in [5.74, 6) is 1.74. The average Bonchev–Trinajstić information content (AvgIpc) is 2.28. The van der Waals surface area contributed by atoms with Crippen LogP contribution in [0.25, 0.3) is 0 Å². The van der Waals surface area contributed by atoms with Gasteiger partial charge < -0.3 is 5.11 Å². The van der Waals surface area contributed by atoms with Crippen molar-refractivity contribution in [1.29, 1.82) is 0 Å². The number of carbonyl (C=O) groups excluding carboxylic acids is 2. The SMILES string of the molecule is CN(CC(=O)O)CC1CCC2CC1C2(C)C.O=C=O. The number of carbonyl (C=O) groups is 1. The van der Waals surface area contributed by atoms with Crippen molar-refractivity contribution in [2.24, 2.45) is 23.2 Å². The quantitative estimate of drug-likeness (QED) is 0.837. The van der Waals surface area contributed by atoms with Gasteiger partial charge in [0, 0.05) is 6.54 Å². The third kappa shape index (κ3) is 3.64. The first kappa shape index (κ1) is 15.9. The molecule has 3 aliphatic carbocycles. The summed E-state index contributed by atoms with van der Waals surface area (Å²) >= 11 is 0. The molecule has 3 unspecified atom stereocenters. The van der Waals surface area contributed by atoms with E-state index in [0.29, 0.717) is 11.3 Å². The van der Waals surface area contributed by atoms with Crippen LogP contribution in [0.15, 0.2) is 0 Å². The fourth-order valence-electron chi connectivity index (χ4n) is 3.88. The summed E-state index contributed by atoms with van der Waals surface area (Å²) < 4.78 is 0. The van der Waals surface area contributed by atoms with Gasteiger partial charge in [-0.25, -0.2) is 0 Å². The molecule has 0 radical (unpaired) electrons. The monoisotopic (exact) mass is 269 g/mol. The summed E-state index contributed by atoms with van der Waals surface area (Å²) in [6, 6.07) is 0. The number of likely N-dealkylation sites (N-methyl/N-ethyl adjacent to an activating group) is 1. The van der Waals surface area contributed by atoms with E-state index in [9.17, 15) is 4.79 Å². The molecule has 0 amide bonds. The van der Waals surface area contributed by atoms with Crippen molar-refractivity contribution >= 4 is 12.1 Å². The third-order valence-corrected chi connectivity index (χ3v) is 4.95. The Kier molecular flexibility index (Phi) is 5.27. The molecular formula is C14H23NO4. The normalized spacial score (nSPS) is 30.6. The average molecular weight is 269 g/mol. The van der Waals surface area contributed by atoms with Gasteiger partial charge in [0.2, 0.25) is 0 Å². The first-order valence-electron chi connectivity index (χ1n) is 6.72. The van der Waals surface area contributed by atoms with E-state index in [1.807, 2.05) is 11.9 Å². The highest BCUT2D eigenvalue weighted by molar-refractivity contribution is 5.68. The topological polar surface area (TPSA) is 74.7 Å². The highest BCUT2D eigenvalue weighted by Gasteiger charge is 2.54. The van der Waals surface area contributed by atoms with Gasteiger partial charge in [-0.05, 0) is 49.5 Å². The Morgan fingerprint density at radius 1 is 1.37 bits per heavy atom. The van der Waals surface area contributed by atoms with Crippen LogP contribution in [-0.4, -0.2) is 42.3 Å². The Hall–Kier alpha value is -1.19. The summed E-state index contributed by atoms with van der Waals surface area (Å²) in [5, 5.41) is 8.75. The zero-order valence-corrected chi connectivity index (χ0v) is 11.9. The Morgan fingerprint density at radius 2 is 1.95 bits per heavy atom. The molecule has 5 nitrogen and oxygen atoms in total. The van der Waals surface area contributed by atoms with Crippen LogP contribution in [0.5, 0.6) is 0 Å². The number of hydrogen-bond acceptors (Lipinski definition) is 4. The molecular weight excluding hydrogens is 246 g/mol. The van der Waals surface area contributed by atoms with Gasteiger partial charge in [0.15, 0.2) is 0 Å². The van der Waals surface area contributed by atoms with Gasteiger partial charge in [0.05, 0.1) is 6.54 Å². The zero-order chi connectivity index (χ0) is 14.6. The predicted molar refractivity (Wildman–Crippen MR) is 68.2 cm³/mol. The second-order valence-corrected chi connectivity index (χ2v) is 6.37. The van der Waals surface area contributed by atoms with Crippen molar-refractivity contribution in [2.45, 2.75) is 33.1 Å². The van der Waals surface area contributed by atoms with E-state index in [2.05, 4.69) is 13.8 Å².